The van der Waals surface area contributed by atoms with E-state index in [-0.39, 0.29) is 24.5 Å². The molecule has 3 nitrogen and oxygen atoms in total. The molecule has 0 bridgehead atoms. The molecule has 0 saturated heterocycles. The van der Waals surface area contributed by atoms with Gasteiger partial charge in [-0.1, -0.05) is 0 Å². The predicted molar refractivity (Wildman–Crippen MR) is 83.8 cm³/mol. The molecule has 1 aliphatic heterocycles. The highest BCUT2D eigenvalue weighted by Crippen LogP contribution is 2.46. The van der Waals surface area contributed by atoms with E-state index in [1.165, 1.54) is 0 Å². The van der Waals surface area contributed by atoms with Crippen LogP contribution in [0.3, 0.4) is 0 Å². The van der Waals surface area contributed by atoms with Crippen molar-refractivity contribution in [3.63, 3.8) is 0 Å². The zero-order chi connectivity index (χ0) is 20.0. The number of rotatable bonds is 2. The summed E-state index contributed by atoms with van der Waals surface area (Å²) in [7, 11) is 0. The van der Waals surface area contributed by atoms with Gasteiger partial charge in [-0.3, -0.25) is 0 Å². The Hall–Kier alpha value is -2.49. The van der Waals surface area contributed by atoms with Crippen LogP contribution in [0.2, 0.25) is 0 Å². The lowest BCUT2D eigenvalue weighted by atomic mass is 9.94. The average Bonchev–Trinajstić information content (AvgIpc) is 2.58. The molecule has 146 valence electrons. The van der Waals surface area contributed by atoms with Gasteiger partial charge >= 0.3 is 12.4 Å². The number of benzene rings is 2. The lowest BCUT2D eigenvalue weighted by Crippen LogP contribution is -2.37. The Kier molecular flexibility index (Phi) is 4.71. The van der Waals surface area contributed by atoms with E-state index in [0.717, 1.165) is 6.07 Å². The first kappa shape index (κ1) is 19.3. The summed E-state index contributed by atoms with van der Waals surface area (Å²) >= 11 is 0. The van der Waals surface area contributed by atoms with E-state index < -0.39 is 46.5 Å². The number of fused-ring (bicyclic) bond motifs is 1. The van der Waals surface area contributed by atoms with Gasteiger partial charge in [-0.25, -0.2) is 4.39 Å². The van der Waals surface area contributed by atoms with Gasteiger partial charge in [0.2, 0.25) is 0 Å². The second-order valence-electron chi connectivity index (χ2n) is 5.94. The monoisotopic (exact) mass is 394 g/mol. The Morgan fingerprint density at radius 2 is 1.70 bits per heavy atom. The molecule has 0 radical (unpaired) electrons. The largest absolute Gasteiger partial charge is 0.484 e. The van der Waals surface area contributed by atoms with Crippen molar-refractivity contribution in [1.82, 2.24) is 0 Å². The van der Waals surface area contributed by atoms with Gasteiger partial charge in [0.1, 0.15) is 11.9 Å². The second kappa shape index (κ2) is 6.59. The summed E-state index contributed by atoms with van der Waals surface area (Å²) in [4.78, 5) is 0. The van der Waals surface area contributed by atoms with Crippen LogP contribution in [0.15, 0.2) is 30.3 Å². The maximum Gasteiger partial charge on any atom is 0.417 e. The molecule has 3 N–H and O–H groups in total. The molecule has 2 aromatic rings. The molecule has 1 unspecified atom stereocenters. The number of hydrogen-bond acceptors (Lipinski definition) is 3. The fourth-order valence-electron chi connectivity index (χ4n) is 2.81. The highest BCUT2D eigenvalue weighted by molar-refractivity contribution is 5.81. The van der Waals surface area contributed by atoms with Crippen LogP contribution >= 0.6 is 0 Å². The molecule has 0 fully saturated rings. The quantitative estimate of drug-likeness (QED) is 0.729. The Labute approximate surface area is 148 Å². The van der Waals surface area contributed by atoms with E-state index in [9.17, 15) is 30.7 Å². The summed E-state index contributed by atoms with van der Waals surface area (Å²) in [5.41, 5.74) is 1.65. The number of nitrogens with two attached hydrogens (primary N) is 1. The van der Waals surface area contributed by atoms with Crippen molar-refractivity contribution in [2.75, 3.05) is 18.4 Å². The van der Waals surface area contributed by atoms with Crippen molar-refractivity contribution in [3.8, 4) is 16.9 Å². The van der Waals surface area contributed by atoms with Gasteiger partial charge in [0.15, 0.2) is 5.75 Å². The first-order valence-corrected chi connectivity index (χ1v) is 7.73. The van der Waals surface area contributed by atoms with Gasteiger partial charge in [-0.2, -0.15) is 26.3 Å². The van der Waals surface area contributed by atoms with Crippen LogP contribution in [-0.2, 0) is 12.4 Å². The van der Waals surface area contributed by atoms with Crippen LogP contribution in [0.5, 0.6) is 5.75 Å². The number of ether oxygens (including phenoxy) is 1. The van der Waals surface area contributed by atoms with Gasteiger partial charge in [0, 0.05) is 18.2 Å². The van der Waals surface area contributed by atoms with Crippen LogP contribution < -0.4 is 15.8 Å². The van der Waals surface area contributed by atoms with Gasteiger partial charge in [0.05, 0.1) is 23.4 Å². The zero-order valence-corrected chi connectivity index (χ0v) is 13.5. The summed E-state index contributed by atoms with van der Waals surface area (Å²) in [5.74, 6) is -1.10. The minimum atomic E-state index is -4.95. The van der Waals surface area contributed by atoms with E-state index in [1.54, 1.807) is 0 Å². The summed E-state index contributed by atoms with van der Waals surface area (Å²) in [6, 6.07) is 2.70. The number of nitrogens with one attached hydrogen (secondary N) is 1. The lowest BCUT2D eigenvalue weighted by Gasteiger charge is -2.29. The second-order valence-corrected chi connectivity index (χ2v) is 5.94. The molecule has 0 saturated carbocycles. The molecule has 3 rings (SSSR count). The van der Waals surface area contributed by atoms with Crippen molar-refractivity contribution < 1.29 is 35.5 Å². The highest BCUT2D eigenvalue weighted by Gasteiger charge is 2.38. The lowest BCUT2D eigenvalue weighted by molar-refractivity contribution is -0.141. The summed E-state index contributed by atoms with van der Waals surface area (Å²) < 4.78 is 98.7. The third kappa shape index (κ3) is 3.80. The molecule has 2 aromatic carbocycles. The van der Waals surface area contributed by atoms with Crippen molar-refractivity contribution in [2.45, 2.75) is 18.5 Å². The summed E-state index contributed by atoms with van der Waals surface area (Å²) in [6.07, 6.45) is -10.4. The van der Waals surface area contributed by atoms with Gasteiger partial charge in [-0.05, 0) is 29.8 Å². The van der Waals surface area contributed by atoms with Gasteiger partial charge in [-0.15, -0.1) is 0 Å². The maximum atomic E-state index is 14.0. The molecule has 27 heavy (non-hydrogen) atoms. The van der Waals surface area contributed by atoms with Crippen LogP contribution in [0.25, 0.3) is 11.1 Å². The maximum absolute atomic E-state index is 14.0. The smallest absolute Gasteiger partial charge is 0.417 e. The van der Waals surface area contributed by atoms with E-state index in [2.05, 4.69) is 5.32 Å². The first-order valence-electron chi connectivity index (χ1n) is 7.73. The molecule has 0 aromatic heterocycles. The molecule has 0 aliphatic carbocycles. The Morgan fingerprint density at radius 3 is 2.30 bits per heavy atom. The molecular formula is C17H13F7N2O. The minimum Gasteiger partial charge on any atom is -0.484 e. The molecule has 10 heteroatoms. The minimum absolute atomic E-state index is 0.0119. The third-order valence-corrected chi connectivity index (χ3v) is 4.06. The molecule has 1 aliphatic rings. The van der Waals surface area contributed by atoms with E-state index >= 15 is 0 Å². The van der Waals surface area contributed by atoms with Crippen molar-refractivity contribution >= 4 is 5.69 Å². The topological polar surface area (TPSA) is 47.3 Å². The zero-order valence-electron chi connectivity index (χ0n) is 13.5. The van der Waals surface area contributed by atoms with Crippen molar-refractivity contribution in [2.24, 2.45) is 5.73 Å². The normalized spacial score (nSPS) is 17.1. The summed E-state index contributed by atoms with van der Waals surface area (Å²) in [6.45, 7) is 0.194. The standard InChI is InChI=1S/C17H13F7N2O/c18-9-4-12(15-14(5-9)26-7-10(6-25)27-15)11-3-8(16(19,20)21)1-2-13(11)17(22,23)24/h1-5,10,26H,6-7,25H2. The molecular weight excluding hydrogens is 381 g/mol. The first-order chi connectivity index (χ1) is 12.5. The fourth-order valence-corrected chi connectivity index (χ4v) is 2.81. The third-order valence-electron chi connectivity index (χ3n) is 4.06. The Bertz CT molecular complexity index is 862. The SMILES string of the molecule is NCC1CNc2cc(F)cc(-c3cc(C(F)(F)F)ccc3C(F)(F)F)c2O1. The summed E-state index contributed by atoms with van der Waals surface area (Å²) in [5, 5.41) is 2.77. The van der Waals surface area contributed by atoms with E-state index in [0.29, 0.717) is 24.3 Å². The van der Waals surface area contributed by atoms with Crippen molar-refractivity contribution in [1.29, 1.82) is 0 Å². The molecule has 1 atom stereocenters. The Morgan fingerprint density at radius 1 is 1.00 bits per heavy atom. The fraction of sp³-hybridized carbons (Fsp3) is 0.294. The van der Waals surface area contributed by atoms with Crippen LogP contribution in [-0.4, -0.2) is 19.2 Å². The van der Waals surface area contributed by atoms with Crippen LogP contribution in [0.1, 0.15) is 11.1 Å². The molecule has 1 heterocycles. The van der Waals surface area contributed by atoms with Crippen LogP contribution in [0, 0.1) is 5.82 Å². The van der Waals surface area contributed by atoms with Crippen molar-refractivity contribution in [3.05, 3.63) is 47.3 Å². The van der Waals surface area contributed by atoms with Gasteiger partial charge in [0.25, 0.3) is 0 Å². The number of halogens is 7. The molecule has 0 amide bonds. The Balaban J connectivity index is 2.28. The van der Waals surface area contributed by atoms with E-state index in [4.69, 9.17) is 10.5 Å². The average molecular weight is 394 g/mol. The predicted octanol–water partition coefficient (Wildman–Crippen LogP) is 4.66. The number of alkyl halides is 6. The van der Waals surface area contributed by atoms with Gasteiger partial charge < -0.3 is 15.8 Å². The van der Waals surface area contributed by atoms with Crippen LogP contribution in [0.4, 0.5) is 36.4 Å². The number of anilines is 1. The molecule has 0 spiro atoms. The number of hydrogen-bond donors (Lipinski definition) is 2. The highest BCUT2D eigenvalue weighted by atomic mass is 19.4. The van der Waals surface area contributed by atoms with E-state index in [1.807, 2.05) is 0 Å².